The number of esters is 1. The largest absolute Gasteiger partial charge is 0.510 e. The number of hydrogen-bond acceptors (Lipinski definition) is 6. The first-order valence-electron chi connectivity index (χ1n) is 8.64. The van der Waals surface area contributed by atoms with Crippen LogP contribution in [0, 0.1) is 11.3 Å². The Morgan fingerprint density at radius 1 is 1.11 bits per heavy atom. The third kappa shape index (κ3) is 4.21. The summed E-state index contributed by atoms with van der Waals surface area (Å²) in [5, 5.41) is 10.2. The van der Waals surface area contributed by atoms with Crippen LogP contribution in [0.2, 0.25) is 0 Å². The number of carbonyl (C=O) groups is 2. The number of methoxy groups -OCH3 is 1. The molecule has 2 rings (SSSR count). The standard InChI is InChI=1S/C22H21NO5/c1-4-27-21(25)28-22(15-23,18-13-9-6-10-14-18)19(16(2)20(24)26-3)17-11-7-5-8-12-17/h5-14,19H,2,4H2,1,3H3. The third-order valence-corrected chi connectivity index (χ3v) is 4.21. The third-order valence-electron chi connectivity index (χ3n) is 4.21. The van der Waals surface area contributed by atoms with Crippen LogP contribution in [0.1, 0.15) is 24.0 Å². The highest BCUT2D eigenvalue weighted by Gasteiger charge is 2.49. The molecular weight excluding hydrogens is 358 g/mol. The first kappa shape index (κ1) is 20.7. The Labute approximate surface area is 164 Å². The van der Waals surface area contributed by atoms with Gasteiger partial charge in [0.15, 0.2) is 0 Å². The predicted molar refractivity (Wildman–Crippen MR) is 102 cm³/mol. The first-order chi connectivity index (χ1) is 13.5. The van der Waals surface area contributed by atoms with E-state index < -0.39 is 23.6 Å². The molecule has 2 atom stereocenters. The molecule has 0 fully saturated rings. The summed E-state index contributed by atoms with van der Waals surface area (Å²) < 4.78 is 15.3. The summed E-state index contributed by atoms with van der Waals surface area (Å²) in [6.07, 6.45) is -1.02. The lowest BCUT2D eigenvalue weighted by atomic mass is 9.74. The van der Waals surface area contributed by atoms with Gasteiger partial charge >= 0.3 is 12.1 Å². The number of nitrogens with zero attached hydrogens (tertiary/aromatic N) is 1. The van der Waals surface area contributed by atoms with Gasteiger partial charge in [-0.25, -0.2) is 9.59 Å². The van der Waals surface area contributed by atoms with Crippen LogP contribution < -0.4 is 0 Å². The number of ether oxygens (including phenoxy) is 3. The zero-order valence-electron chi connectivity index (χ0n) is 15.8. The maximum atomic E-state index is 12.3. The highest BCUT2D eigenvalue weighted by molar-refractivity contribution is 5.90. The Morgan fingerprint density at radius 3 is 2.18 bits per heavy atom. The number of rotatable bonds is 7. The van der Waals surface area contributed by atoms with Crippen molar-refractivity contribution in [3.63, 3.8) is 0 Å². The number of hydrogen-bond donors (Lipinski definition) is 0. The average molecular weight is 379 g/mol. The van der Waals surface area contributed by atoms with E-state index in [0.717, 1.165) is 0 Å². The van der Waals surface area contributed by atoms with Crippen molar-refractivity contribution >= 4 is 12.1 Å². The minimum Gasteiger partial charge on any atom is -0.466 e. The molecule has 0 aliphatic rings. The van der Waals surface area contributed by atoms with Crippen LogP contribution >= 0.6 is 0 Å². The molecule has 0 saturated carbocycles. The average Bonchev–Trinajstić information content (AvgIpc) is 2.74. The molecule has 2 aromatic rings. The molecule has 28 heavy (non-hydrogen) atoms. The van der Waals surface area contributed by atoms with Crippen molar-refractivity contribution in [3.8, 4) is 6.07 Å². The maximum Gasteiger partial charge on any atom is 0.510 e. The Kier molecular flexibility index (Phi) is 6.94. The monoisotopic (exact) mass is 379 g/mol. The molecule has 0 aliphatic heterocycles. The summed E-state index contributed by atoms with van der Waals surface area (Å²) in [5.41, 5.74) is -0.972. The molecule has 0 bridgehead atoms. The number of nitriles is 1. The van der Waals surface area contributed by atoms with Crippen molar-refractivity contribution in [2.24, 2.45) is 0 Å². The van der Waals surface area contributed by atoms with Gasteiger partial charge in [-0.1, -0.05) is 67.2 Å². The summed E-state index contributed by atoms with van der Waals surface area (Å²) in [5.74, 6) is -1.73. The van der Waals surface area contributed by atoms with Crippen molar-refractivity contribution in [2.45, 2.75) is 18.4 Å². The summed E-state index contributed by atoms with van der Waals surface area (Å²) in [6.45, 7) is 5.53. The van der Waals surface area contributed by atoms with E-state index in [1.165, 1.54) is 7.11 Å². The first-order valence-corrected chi connectivity index (χ1v) is 8.64. The van der Waals surface area contributed by atoms with Crippen molar-refractivity contribution < 1.29 is 23.8 Å². The van der Waals surface area contributed by atoms with E-state index in [0.29, 0.717) is 11.1 Å². The van der Waals surface area contributed by atoms with Gasteiger partial charge in [0.05, 0.1) is 19.6 Å². The molecule has 2 unspecified atom stereocenters. The van der Waals surface area contributed by atoms with Gasteiger partial charge in [0.1, 0.15) is 6.07 Å². The fraction of sp³-hybridized carbons (Fsp3) is 0.227. The normalized spacial score (nSPS) is 13.3. The van der Waals surface area contributed by atoms with E-state index in [-0.39, 0.29) is 12.2 Å². The molecule has 0 aliphatic carbocycles. The molecule has 0 spiro atoms. The van der Waals surface area contributed by atoms with Crippen LogP contribution in [-0.2, 0) is 24.6 Å². The van der Waals surface area contributed by atoms with Crippen LogP contribution in [-0.4, -0.2) is 25.8 Å². The molecule has 2 aromatic carbocycles. The summed E-state index contributed by atoms with van der Waals surface area (Å²) in [4.78, 5) is 24.6. The highest BCUT2D eigenvalue weighted by Crippen LogP contribution is 2.44. The minimum absolute atomic E-state index is 0.0246. The molecule has 144 valence electrons. The van der Waals surface area contributed by atoms with Gasteiger partial charge in [0.25, 0.3) is 0 Å². The van der Waals surface area contributed by atoms with Crippen LogP contribution in [0.3, 0.4) is 0 Å². The zero-order valence-corrected chi connectivity index (χ0v) is 15.8. The van der Waals surface area contributed by atoms with Gasteiger partial charge in [-0.15, -0.1) is 0 Å². The van der Waals surface area contributed by atoms with Gasteiger partial charge in [-0.05, 0) is 12.5 Å². The highest BCUT2D eigenvalue weighted by atomic mass is 16.7. The second-order valence-corrected chi connectivity index (χ2v) is 5.86. The maximum absolute atomic E-state index is 12.3. The number of benzene rings is 2. The van der Waals surface area contributed by atoms with Gasteiger partial charge in [0, 0.05) is 11.1 Å². The van der Waals surface area contributed by atoms with E-state index >= 15 is 0 Å². The van der Waals surface area contributed by atoms with E-state index in [1.54, 1.807) is 67.6 Å². The summed E-state index contributed by atoms with van der Waals surface area (Å²) >= 11 is 0. The topological polar surface area (TPSA) is 85.6 Å². The summed E-state index contributed by atoms with van der Waals surface area (Å²) in [7, 11) is 1.22. The Bertz CT molecular complexity index is 873. The Balaban J connectivity index is 2.74. The van der Waals surface area contributed by atoms with Gasteiger partial charge in [0.2, 0.25) is 5.60 Å². The van der Waals surface area contributed by atoms with Gasteiger partial charge in [-0.2, -0.15) is 5.26 Å². The van der Waals surface area contributed by atoms with E-state index in [4.69, 9.17) is 14.2 Å². The van der Waals surface area contributed by atoms with E-state index in [2.05, 4.69) is 12.6 Å². The van der Waals surface area contributed by atoms with E-state index in [1.807, 2.05) is 0 Å². The van der Waals surface area contributed by atoms with Crippen molar-refractivity contribution in [1.29, 1.82) is 5.26 Å². The molecule has 6 nitrogen and oxygen atoms in total. The van der Waals surface area contributed by atoms with Crippen LogP contribution in [0.4, 0.5) is 4.79 Å². The second-order valence-electron chi connectivity index (χ2n) is 5.86. The molecule has 6 heteroatoms. The minimum atomic E-state index is -1.89. The lowest BCUT2D eigenvalue weighted by Gasteiger charge is -2.35. The smallest absolute Gasteiger partial charge is 0.466 e. The van der Waals surface area contributed by atoms with Crippen molar-refractivity contribution in [3.05, 3.63) is 83.9 Å². The van der Waals surface area contributed by atoms with E-state index in [9.17, 15) is 14.9 Å². The molecule has 0 N–H and O–H groups in total. The molecule has 0 amide bonds. The molecular formula is C22H21NO5. The molecule has 0 radical (unpaired) electrons. The summed E-state index contributed by atoms with van der Waals surface area (Å²) in [6, 6.07) is 19.3. The van der Waals surface area contributed by atoms with Crippen molar-refractivity contribution in [1.82, 2.24) is 0 Å². The Hall–Kier alpha value is -3.59. The van der Waals surface area contributed by atoms with Gasteiger partial charge < -0.3 is 14.2 Å². The van der Waals surface area contributed by atoms with Crippen molar-refractivity contribution in [2.75, 3.05) is 13.7 Å². The van der Waals surface area contributed by atoms with Crippen LogP contribution in [0.15, 0.2) is 72.8 Å². The second kappa shape index (κ2) is 9.38. The fourth-order valence-corrected chi connectivity index (χ4v) is 2.98. The molecule has 0 heterocycles. The lowest BCUT2D eigenvalue weighted by molar-refractivity contribution is -0.137. The van der Waals surface area contributed by atoms with Crippen LogP contribution in [0.5, 0.6) is 0 Å². The molecule has 0 saturated heterocycles. The SMILES string of the molecule is C=C(C(=O)OC)C(c1ccccc1)C(C#N)(OC(=O)OCC)c1ccccc1. The fourth-order valence-electron chi connectivity index (χ4n) is 2.98. The molecule has 0 aromatic heterocycles. The predicted octanol–water partition coefficient (Wildman–Crippen LogP) is 4.09. The number of carbonyl (C=O) groups excluding carboxylic acids is 2. The lowest BCUT2D eigenvalue weighted by Crippen LogP contribution is -2.40. The van der Waals surface area contributed by atoms with Crippen LogP contribution in [0.25, 0.3) is 0 Å². The zero-order chi connectivity index (χ0) is 20.6. The van der Waals surface area contributed by atoms with Gasteiger partial charge in [-0.3, -0.25) is 0 Å². The quantitative estimate of drug-likeness (QED) is 0.532. The Morgan fingerprint density at radius 2 is 1.68 bits per heavy atom.